The van der Waals surface area contributed by atoms with Crippen LogP contribution in [0.25, 0.3) is 0 Å². The van der Waals surface area contributed by atoms with E-state index in [1.807, 2.05) is 91.0 Å². The van der Waals surface area contributed by atoms with Gasteiger partial charge in [0, 0.05) is 6.42 Å². The van der Waals surface area contributed by atoms with E-state index in [0.717, 1.165) is 35.1 Å². The van der Waals surface area contributed by atoms with Crippen molar-refractivity contribution in [2.24, 2.45) is 5.16 Å². The molecule has 4 aromatic rings. The number of carbonyl (C=O) groups is 3. The summed E-state index contributed by atoms with van der Waals surface area (Å²) in [5.74, 6) is -5.02. The molecule has 3 aromatic carbocycles. The number of thiazole rings is 1. The maximum absolute atomic E-state index is 13.7. The van der Waals surface area contributed by atoms with Crippen molar-refractivity contribution in [3.8, 4) is 0 Å². The molecule has 0 radical (unpaired) electrons. The first-order valence-corrected chi connectivity index (χ1v) is 18.1. The van der Waals surface area contributed by atoms with Crippen LogP contribution in [-0.2, 0) is 39.1 Å². The Kier molecular flexibility index (Phi) is 10.2. The van der Waals surface area contributed by atoms with Gasteiger partial charge in [-0.05, 0) is 23.1 Å². The number of aromatic nitrogens is 1. The van der Waals surface area contributed by atoms with Crippen LogP contribution in [-0.4, -0.2) is 71.6 Å². The van der Waals surface area contributed by atoms with Gasteiger partial charge in [-0.15, -0.1) is 0 Å². The number of anilines is 1. The molecular formula is C34H27ClF3N5O8S2. The van der Waals surface area contributed by atoms with Gasteiger partial charge < -0.3 is 24.8 Å². The maximum atomic E-state index is 13.7. The van der Waals surface area contributed by atoms with Crippen molar-refractivity contribution in [1.29, 1.82) is 0 Å². The number of hydrogen-bond donors (Lipinski definition) is 3. The van der Waals surface area contributed by atoms with E-state index in [1.165, 1.54) is 0 Å². The molecule has 3 N–H and O–H groups in total. The second-order valence-corrected chi connectivity index (χ2v) is 14.7. The first-order chi connectivity index (χ1) is 25.2. The van der Waals surface area contributed by atoms with E-state index >= 15 is 0 Å². The number of amides is 2. The molecule has 53 heavy (non-hydrogen) atoms. The van der Waals surface area contributed by atoms with E-state index in [-0.39, 0.29) is 21.6 Å². The third-order valence-corrected chi connectivity index (χ3v) is 10.7. The Bertz CT molecular complexity index is 2120. The zero-order chi connectivity index (χ0) is 38.1. The molecule has 13 nitrogen and oxygen atoms in total. The summed E-state index contributed by atoms with van der Waals surface area (Å²) in [6.07, 6.45) is -0.852. The topological polar surface area (TPSA) is 177 Å². The van der Waals surface area contributed by atoms with E-state index in [4.69, 9.17) is 16.4 Å². The Morgan fingerprint density at radius 1 is 0.981 bits per heavy atom. The van der Waals surface area contributed by atoms with Gasteiger partial charge in [0.1, 0.15) is 28.7 Å². The van der Waals surface area contributed by atoms with Crippen LogP contribution in [0.4, 0.5) is 18.3 Å². The lowest BCUT2D eigenvalue weighted by Crippen LogP contribution is -2.72. The number of carboxylic acid groups (broad SMARTS) is 1. The number of aliphatic carboxylic acids is 1. The van der Waals surface area contributed by atoms with Crippen LogP contribution in [0, 0.1) is 0 Å². The van der Waals surface area contributed by atoms with Crippen LogP contribution >= 0.6 is 22.9 Å². The fraction of sp³-hybridized carbons (Fsp3) is 0.206. The van der Waals surface area contributed by atoms with E-state index in [1.54, 1.807) is 0 Å². The van der Waals surface area contributed by atoms with Gasteiger partial charge in [0.25, 0.3) is 11.8 Å². The Balaban J connectivity index is 1.30. The van der Waals surface area contributed by atoms with Crippen molar-refractivity contribution >= 4 is 61.7 Å². The van der Waals surface area contributed by atoms with Gasteiger partial charge in [-0.1, -0.05) is 119 Å². The molecule has 0 spiro atoms. The van der Waals surface area contributed by atoms with Gasteiger partial charge in [-0.2, -0.15) is 21.6 Å². The minimum atomic E-state index is -6.22. The summed E-state index contributed by atoms with van der Waals surface area (Å²) in [7, 11) is -5.06. The zero-order valence-corrected chi connectivity index (χ0v) is 29.6. The largest absolute Gasteiger partial charge is 0.534 e. The van der Waals surface area contributed by atoms with Crippen molar-refractivity contribution < 1.29 is 50.1 Å². The van der Waals surface area contributed by atoms with Gasteiger partial charge in [-0.3, -0.25) is 14.5 Å². The summed E-state index contributed by atoms with van der Waals surface area (Å²) < 4.78 is 66.2. The second-order valence-electron chi connectivity index (χ2n) is 11.6. The number of nitrogens with one attached hydrogen (secondary N) is 2. The molecule has 0 unspecified atom stereocenters. The lowest BCUT2D eigenvalue weighted by molar-refractivity contribution is -0.156. The first-order valence-electron chi connectivity index (χ1n) is 15.5. The third-order valence-electron chi connectivity index (χ3n) is 8.50. The highest BCUT2D eigenvalue weighted by molar-refractivity contribution is 7.87. The van der Waals surface area contributed by atoms with Crippen molar-refractivity contribution in [2.45, 2.75) is 36.0 Å². The van der Waals surface area contributed by atoms with Crippen molar-refractivity contribution in [1.82, 2.24) is 15.2 Å². The van der Waals surface area contributed by atoms with Crippen LogP contribution in [0.2, 0.25) is 4.34 Å². The number of allylic oxidation sites excluding steroid dienone is 1. The van der Waals surface area contributed by atoms with Gasteiger partial charge in [0.2, 0.25) is 0 Å². The number of carboxylic acids is 1. The standard InChI is InChI=1S/C34H27ClF3N5O8S2/c1-50-42-26(29(44)39-24-22-17-18-23(51-53(48,49)34(36,37)38)27(31(46)47)43(22)30(24)45)25-28(35)52-32(40-25)41-33(19-11-5-2-6-12-19,20-13-7-3-8-14-20)21-15-9-4-10-16-21/h2-16,22,24H,17-18H2,1H3,(H,39,44)(H,40,41)(H,46,47)/b42-26-/t22-,24+/m1/s1. The molecule has 0 aliphatic carbocycles. The number of oxime groups is 1. The lowest BCUT2D eigenvalue weighted by Gasteiger charge is -2.49. The van der Waals surface area contributed by atoms with Crippen LogP contribution in [0.5, 0.6) is 0 Å². The first kappa shape index (κ1) is 37.3. The highest BCUT2D eigenvalue weighted by Crippen LogP contribution is 2.43. The lowest BCUT2D eigenvalue weighted by atomic mass is 9.77. The number of rotatable bonds is 12. The number of carbonyl (C=O) groups excluding carboxylic acids is 2. The van der Waals surface area contributed by atoms with E-state index in [0.29, 0.717) is 4.90 Å². The summed E-state index contributed by atoms with van der Waals surface area (Å²) in [6.45, 7) is 0. The molecule has 19 heteroatoms. The fourth-order valence-corrected chi connectivity index (χ4v) is 7.85. The predicted molar refractivity (Wildman–Crippen MR) is 186 cm³/mol. The number of fused-ring (bicyclic) bond motifs is 1. The summed E-state index contributed by atoms with van der Waals surface area (Å²) in [5.41, 5.74) is -5.94. The summed E-state index contributed by atoms with van der Waals surface area (Å²) in [5, 5.41) is 19.8. The Morgan fingerprint density at radius 3 is 1.98 bits per heavy atom. The molecule has 276 valence electrons. The number of alkyl halides is 3. The Morgan fingerprint density at radius 2 is 1.51 bits per heavy atom. The van der Waals surface area contributed by atoms with Crippen molar-refractivity contribution in [2.75, 3.05) is 12.4 Å². The molecule has 3 heterocycles. The molecule has 2 amide bonds. The molecule has 2 aliphatic rings. The second kappa shape index (κ2) is 14.5. The summed E-state index contributed by atoms with van der Waals surface area (Å²) in [6, 6.07) is 26.3. The SMILES string of the molecule is CO/N=C(\C(=O)N[C@@H]1C(=O)N2C(C(=O)O)=C(OS(=O)(=O)C(F)(F)F)CC[C@H]12)c1nc(NC(c2ccccc2)(c2ccccc2)c2ccccc2)sc1Cl. The maximum Gasteiger partial charge on any atom is 0.534 e. The summed E-state index contributed by atoms with van der Waals surface area (Å²) in [4.78, 5) is 49.0. The average Bonchev–Trinajstić information content (AvgIpc) is 3.50. The zero-order valence-electron chi connectivity index (χ0n) is 27.2. The van der Waals surface area contributed by atoms with Gasteiger partial charge in [0.05, 0.1) is 6.04 Å². The number of hydrogen-bond acceptors (Lipinski definition) is 11. The third kappa shape index (κ3) is 6.92. The van der Waals surface area contributed by atoms with E-state index in [9.17, 15) is 41.1 Å². The monoisotopic (exact) mass is 789 g/mol. The highest BCUT2D eigenvalue weighted by Gasteiger charge is 2.56. The van der Waals surface area contributed by atoms with Crippen LogP contribution in [0.3, 0.4) is 0 Å². The van der Waals surface area contributed by atoms with E-state index in [2.05, 4.69) is 25.0 Å². The molecule has 1 aromatic heterocycles. The summed E-state index contributed by atoms with van der Waals surface area (Å²) >= 11 is 7.68. The number of halogens is 4. The predicted octanol–water partition coefficient (Wildman–Crippen LogP) is 5.20. The molecule has 1 fully saturated rings. The van der Waals surface area contributed by atoms with Crippen LogP contribution in [0.15, 0.2) is 108 Å². The minimum absolute atomic E-state index is 0.0181. The molecule has 6 rings (SSSR count). The van der Waals surface area contributed by atoms with Crippen LogP contribution < -0.4 is 10.6 Å². The minimum Gasteiger partial charge on any atom is -0.476 e. The molecular weight excluding hydrogens is 763 g/mol. The average molecular weight is 790 g/mol. The Labute approximate surface area is 308 Å². The van der Waals surface area contributed by atoms with E-state index < -0.39 is 74.6 Å². The Hall–Kier alpha value is -5.46. The van der Waals surface area contributed by atoms with Crippen molar-refractivity contribution in [3.63, 3.8) is 0 Å². The van der Waals surface area contributed by atoms with Gasteiger partial charge >= 0.3 is 21.6 Å². The number of nitrogens with zero attached hydrogens (tertiary/aromatic N) is 3. The smallest absolute Gasteiger partial charge is 0.476 e. The normalized spacial score (nSPS) is 17.8. The molecule has 0 saturated carbocycles. The quantitative estimate of drug-likeness (QED) is 0.0432. The van der Waals surface area contributed by atoms with Crippen LogP contribution in [0.1, 0.15) is 35.2 Å². The van der Waals surface area contributed by atoms with Gasteiger partial charge in [-0.25, -0.2) is 9.78 Å². The molecule has 1 saturated heterocycles. The fourth-order valence-electron chi connectivity index (χ4n) is 6.22. The van der Waals surface area contributed by atoms with Gasteiger partial charge in [0.15, 0.2) is 22.3 Å². The molecule has 0 bridgehead atoms. The molecule has 2 aliphatic heterocycles. The number of benzene rings is 3. The van der Waals surface area contributed by atoms with Crippen molar-refractivity contribution in [3.05, 3.63) is 129 Å². The molecule has 2 atom stereocenters. The highest BCUT2D eigenvalue weighted by atomic mass is 35.5. The number of β-lactam (4-membered cyclic amide) rings is 1.